The molecule has 0 amide bonds. The summed E-state index contributed by atoms with van der Waals surface area (Å²) in [6, 6.07) is 0. The Bertz CT molecular complexity index is 447. The average molecular weight is 367 g/mol. The summed E-state index contributed by atoms with van der Waals surface area (Å²) in [5, 5.41) is 0. The van der Waals surface area contributed by atoms with Gasteiger partial charge in [-0.15, -0.1) is 0 Å². The molecule has 150 valence electrons. The van der Waals surface area contributed by atoms with Crippen molar-refractivity contribution in [1.29, 1.82) is 0 Å². The van der Waals surface area contributed by atoms with Gasteiger partial charge in [-0.25, -0.2) is 9.59 Å². The lowest BCUT2D eigenvalue weighted by Crippen LogP contribution is -2.23. The number of methoxy groups -OCH3 is 2. The third-order valence-corrected chi connectivity index (χ3v) is 5.46. The van der Waals surface area contributed by atoms with Gasteiger partial charge in [-0.2, -0.15) is 0 Å². The first-order chi connectivity index (χ1) is 12.7. The molecular formula is C22H38O4. The van der Waals surface area contributed by atoms with Crippen LogP contribution < -0.4 is 0 Å². The molecule has 0 saturated heterocycles. The minimum atomic E-state index is -0.362. The maximum atomic E-state index is 12.4. The summed E-state index contributed by atoms with van der Waals surface area (Å²) >= 11 is 0. The Morgan fingerprint density at radius 1 is 0.769 bits per heavy atom. The molecule has 0 bridgehead atoms. The maximum absolute atomic E-state index is 12.4. The third-order valence-electron chi connectivity index (χ3n) is 5.46. The van der Waals surface area contributed by atoms with Gasteiger partial charge in [0.15, 0.2) is 0 Å². The Morgan fingerprint density at radius 2 is 1.31 bits per heavy atom. The van der Waals surface area contributed by atoms with Crippen LogP contribution in [0.4, 0.5) is 0 Å². The highest BCUT2D eigenvalue weighted by Crippen LogP contribution is 2.34. The summed E-state index contributed by atoms with van der Waals surface area (Å²) in [4.78, 5) is 24.8. The quantitative estimate of drug-likeness (QED) is 0.251. The number of carbonyl (C=O) groups is 2. The molecule has 0 heterocycles. The van der Waals surface area contributed by atoms with Crippen molar-refractivity contribution in [1.82, 2.24) is 0 Å². The molecule has 26 heavy (non-hydrogen) atoms. The third kappa shape index (κ3) is 7.92. The van der Waals surface area contributed by atoms with Gasteiger partial charge >= 0.3 is 11.9 Å². The van der Waals surface area contributed by atoms with Crippen LogP contribution in [0.2, 0.25) is 0 Å². The molecule has 0 aromatic carbocycles. The number of ether oxygens (including phenoxy) is 2. The molecule has 0 unspecified atom stereocenters. The Morgan fingerprint density at radius 3 is 1.85 bits per heavy atom. The molecule has 0 aliphatic heterocycles. The van der Waals surface area contributed by atoms with Crippen molar-refractivity contribution in [3.8, 4) is 0 Å². The fourth-order valence-electron chi connectivity index (χ4n) is 3.94. The van der Waals surface area contributed by atoms with Gasteiger partial charge in [0.25, 0.3) is 0 Å². The van der Waals surface area contributed by atoms with Crippen LogP contribution in [0.3, 0.4) is 0 Å². The Labute approximate surface area is 159 Å². The van der Waals surface area contributed by atoms with E-state index in [0.29, 0.717) is 17.6 Å². The molecule has 0 aromatic rings. The topological polar surface area (TPSA) is 52.6 Å². The van der Waals surface area contributed by atoms with Gasteiger partial charge in [-0.05, 0) is 31.6 Å². The molecule has 0 radical (unpaired) electrons. The number of rotatable bonds is 12. The molecule has 1 saturated carbocycles. The second-order valence-corrected chi connectivity index (χ2v) is 7.44. The van der Waals surface area contributed by atoms with E-state index in [1.165, 1.54) is 59.2 Å². The summed E-state index contributed by atoms with van der Waals surface area (Å²) in [6.07, 6.45) is 15.6. The monoisotopic (exact) mass is 366 g/mol. The predicted molar refractivity (Wildman–Crippen MR) is 105 cm³/mol. The molecule has 1 fully saturated rings. The standard InChI is InChI=1S/C22H38O4/c1-4-5-6-7-8-9-10-14-17-19(21(23)25-2)20(22(24)26-3)18-15-12-11-13-16-18/h18H,4-17H2,1-3H3/b20-19-. The average Bonchev–Trinajstić information content (AvgIpc) is 2.68. The summed E-state index contributed by atoms with van der Waals surface area (Å²) in [5.41, 5.74) is 1.14. The largest absolute Gasteiger partial charge is 0.466 e. The number of carbonyl (C=O) groups excluding carboxylic acids is 2. The van der Waals surface area contributed by atoms with Gasteiger partial charge in [-0.3, -0.25) is 0 Å². The SMILES string of the molecule is CCCCCCCCCC/C(C(=O)OC)=C(/C(=O)OC)C1CCCCC1. The minimum Gasteiger partial charge on any atom is -0.466 e. The van der Waals surface area contributed by atoms with E-state index in [1.54, 1.807) is 0 Å². The van der Waals surface area contributed by atoms with Gasteiger partial charge in [-0.1, -0.05) is 71.1 Å². The van der Waals surface area contributed by atoms with E-state index in [-0.39, 0.29) is 17.9 Å². The van der Waals surface area contributed by atoms with Gasteiger partial charge in [0, 0.05) is 5.57 Å². The van der Waals surface area contributed by atoms with Gasteiger partial charge in [0.1, 0.15) is 0 Å². The molecule has 1 aliphatic rings. The Balaban J connectivity index is 2.69. The van der Waals surface area contributed by atoms with Crippen molar-refractivity contribution in [3.05, 3.63) is 11.1 Å². The van der Waals surface area contributed by atoms with E-state index < -0.39 is 0 Å². The lowest BCUT2D eigenvalue weighted by molar-refractivity contribution is -0.140. The molecule has 1 rings (SSSR count). The number of unbranched alkanes of at least 4 members (excludes halogenated alkanes) is 7. The summed E-state index contributed by atoms with van der Waals surface area (Å²) in [5.74, 6) is -0.574. The highest BCUT2D eigenvalue weighted by Gasteiger charge is 2.30. The summed E-state index contributed by atoms with van der Waals surface area (Å²) in [7, 11) is 2.79. The van der Waals surface area contributed by atoms with Crippen LogP contribution in [-0.4, -0.2) is 26.2 Å². The molecular weight excluding hydrogens is 328 g/mol. The van der Waals surface area contributed by atoms with Crippen molar-refractivity contribution in [2.45, 2.75) is 96.8 Å². The first kappa shape index (κ1) is 22.7. The zero-order valence-corrected chi connectivity index (χ0v) is 17.1. The second kappa shape index (κ2) is 13.8. The van der Waals surface area contributed by atoms with Crippen LogP contribution in [0.25, 0.3) is 0 Å². The molecule has 0 spiro atoms. The molecule has 4 nitrogen and oxygen atoms in total. The van der Waals surface area contributed by atoms with E-state index in [1.807, 2.05) is 0 Å². The van der Waals surface area contributed by atoms with Crippen LogP contribution in [-0.2, 0) is 19.1 Å². The maximum Gasteiger partial charge on any atom is 0.334 e. The number of esters is 2. The fourth-order valence-corrected chi connectivity index (χ4v) is 3.94. The van der Waals surface area contributed by atoms with Gasteiger partial charge in [0.05, 0.1) is 19.8 Å². The van der Waals surface area contributed by atoms with Crippen LogP contribution in [0, 0.1) is 5.92 Å². The van der Waals surface area contributed by atoms with Crippen molar-refractivity contribution >= 4 is 11.9 Å². The Hall–Kier alpha value is -1.32. The molecule has 1 aliphatic carbocycles. The molecule has 0 N–H and O–H groups in total. The van der Waals surface area contributed by atoms with Crippen LogP contribution in [0.1, 0.15) is 96.8 Å². The minimum absolute atomic E-state index is 0.138. The first-order valence-electron chi connectivity index (χ1n) is 10.5. The predicted octanol–water partition coefficient (Wildman–Crippen LogP) is 5.74. The second-order valence-electron chi connectivity index (χ2n) is 7.44. The molecule has 4 heteroatoms. The van der Waals surface area contributed by atoms with E-state index >= 15 is 0 Å². The lowest BCUT2D eigenvalue weighted by Gasteiger charge is -2.25. The van der Waals surface area contributed by atoms with Crippen LogP contribution in [0.15, 0.2) is 11.1 Å². The van der Waals surface area contributed by atoms with Crippen LogP contribution in [0.5, 0.6) is 0 Å². The molecule has 0 atom stereocenters. The van der Waals surface area contributed by atoms with Crippen molar-refractivity contribution in [2.24, 2.45) is 5.92 Å². The summed E-state index contributed by atoms with van der Waals surface area (Å²) in [6.45, 7) is 2.23. The van der Waals surface area contributed by atoms with Crippen LogP contribution >= 0.6 is 0 Å². The fraction of sp³-hybridized carbons (Fsp3) is 0.818. The van der Waals surface area contributed by atoms with E-state index in [2.05, 4.69) is 6.92 Å². The Kier molecular flexibility index (Phi) is 12.1. The van der Waals surface area contributed by atoms with Crippen molar-refractivity contribution < 1.29 is 19.1 Å². The van der Waals surface area contributed by atoms with Crippen molar-refractivity contribution in [3.63, 3.8) is 0 Å². The van der Waals surface area contributed by atoms with Gasteiger partial charge < -0.3 is 9.47 Å². The smallest absolute Gasteiger partial charge is 0.334 e. The van der Waals surface area contributed by atoms with E-state index in [0.717, 1.165) is 38.5 Å². The normalized spacial score (nSPS) is 16.1. The summed E-state index contributed by atoms with van der Waals surface area (Å²) < 4.78 is 10.0. The van der Waals surface area contributed by atoms with E-state index in [9.17, 15) is 9.59 Å². The highest BCUT2D eigenvalue weighted by molar-refractivity contribution is 6.00. The van der Waals surface area contributed by atoms with Crippen molar-refractivity contribution in [2.75, 3.05) is 14.2 Å². The zero-order chi connectivity index (χ0) is 19.2. The lowest BCUT2D eigenvalue weighted by atomic mass is 9.80. The van der Waals surface area contributed by atoms with Gasteiger partial charge in [0.2, 0.25) is 0 Å². The zero-order valence-electron chi connectivity index (χ0n) is 17.1. The molecule has 0 aromatic heterocycles. The highest BCUT2D eigenvalue weighted by atomic mass is 16.5. The number of hydrogen-bond acceptors (Lipinski definition) is 4. The number of hydrogen-bond donors (Lipinski definition) is 0. The van der Waals surface area contributed by atoms with E-state index in [4.69, 9.17) is 9.47 Å². The first-order valence-corrected chi connectivity index (χ1v) is 10.5.